The zero-order valence-corrected chi connectivity index (χ0v) is 17.1. The lowest BCUT2D eigenvalue weighted by Crippen LogP contribution is -2.51. The Morgan fingerprint density at radius 1 is 1.15 bits per heavy atom. The van der Waals surface area contributed by atoms with Gasteiger partial charge in [-0.3, -0.25) is 4.90 Å². The van der Waals surface area contributed by atoms with E-state index in [1.165, 1.54) is 50.8 Å². The largest absolute Gasteiger partial charge is 0.497 e. The maximum atomic E-state index is 5.36. The average molecular weight is 357 g/mol. The van der Waals surface area contributed by atoms with Crippen LogP contribution in [0.4, 0.5) is 0 Å². The summed E-state index contributed by atoms with van der Waals surface area (Å²) in [6.45, 7) is 11.0. The molecule has 3 atom stereocenters. The van der Waals surface area contributed by atoms with E-state index in [4.69, 9.17) is 4.74 Å². The van der Waals surface area contributed by atoms with Crippen molar-refractivity contribution in [1.29, 1.82) is 0 Å². The maximum absolute atomic E-state index is 5.36. The Morgan fingerprint density at radius 3 is 2.54 bits per heavy atom. The monoisotopic (exact) mass is 356 g/mol. The number of nitrogens with zero attached hydrogens (tertiary/aromatic N) is 1. The Morgan fingerprint density at radius 2 is 1.92 bits per heavy atom. The highest BCUT2D eigenvalue weighted by atomic mass is 16.5. The van der Waals surface area contributed by atoms with Crippen molar-refractivity contribution in [2.24, 2.45) is 16.7 Å². The van der Waals surface area contributed by atoms with Gasteiger partial charge in [-0.25, -0.2) is 0 Å². The van der Waals surface area contributed by atoms with E-state index >= 15 is 0 Å². The lowest BCUT2D eigenvalue weighted by molar-refractivity contribution is 0.103. The molecule has 3 aliphatic rings. The van der Waals surface area contributed by atoms with Crippen molar-refractivity contribution in [2.45, 2.75) is 71.5 Å². The van der Waals surface area contributed by atoms with Crippen molar-refractivity contribution in [3.05, 3.63) is 29.8 Å². The van der Waals surface area contributed by atoms with Crippen LogP contribution in [0.2, 0.25) is 0 Å². The molecule has 3 fully saturated rings. The molecule has 2 saturated carbocycles. The Labute approximate surface area is 159 Å². The third kappa shape index (κ3) is 3.07. The molecule has 1 saturated heterocycles. The maximum Gasteiger partial charge on any atom is 0.119 e. The smallest absolute Gasteiger partial charge is 0.119 e. The highest BCUT2D eigenvalue weighted by Gasteiger charge is 2.61. The molecule has 2 bridgehead atoms. The molecule has 3 heteroatoms. The minimum Gasteiger partial charge on any atom is -0.497 e. The van der Waals surface area contributed by atoms with E-state index in [9.17, 15) is 0 Å². The van der Waals surface area contributed by atoms with Gasteiger partial charge in [0.15, 0.2) is 0 Å². The van der Waals surface area contributed by atoms with Crippen LogP contribution in [0.15, 0.2) is 24.3 Å². The van der Waals surface area contributed by atoms with E-state index in [0.29, 0.717) is 16.9 Å². The fourth-order valence-corrected chi connectivity index (χ4v) is 6.03. The summed E-state index contributed by atoms with van der Waals surface area (Å²) in [5, 5.41) is 4.10. The van der Waals surface area contributed by atoms with Crippen molar-refractivity contribution >= 4 is 0 Å². The van der Waals surface area contributed by atoms with Crippen LogP contribution in [0.5, 0.6) is 5.75 Å². The number of methoxy groups -OCH3 is 1. The lowest BCUT2D eigenvalue weighted by atomic mass is 9.69. The van der Waals surface area contributed by atoms with Gasteiger partial charge in [0.25, 0.3) is 0 Å². The molecule has 0 spiro atoms. The Balaban J connectivity index is 1.29. The summed E-state index contributed by atoms with van der Waals surface area (Å²) in [6, 6.07) is 9.93. The average Bonchev–Trinajstić information content (AvgIpc) is 2.97. The second-order valence-electron chi connectivity index (χ2n) is 9.73. The number of fused-ring (bicyclic) bond motifs is 2. The summed E-state index contributed by atoms with van der Waals surface area (Å²) in [5.74, 6) is 1.89. The summed E-state index contributed by atoms with van der Waals surface area (Å²) < 4.78 is 5.36. The molecular formula is C23H36N2O. The number of hydrogen-bond donors (Lipinski definition) is 1. The van der Waals surface area contributed by atoms with Gasteiger partial charge in [-0.15, -0.1) is 0 Å². The molecule has 1 N–H and O–H groups in total. The van der Waals surface area contributed by atoms with Gasteiger partial charge in [0, 0.05) is 18.6 Å². The fraction of sp³-hybridized carbons (Fsp3) is 0.739. The predicted molar refractivity (Wildman–Crippen MR) is 107 cm³/mol. The normalized spacial score (nSPS) is 34.3. The summed E-state index contributed by atoms with van der Waals surface area (Å²) in [6.07, 6.45) is 6.81. The van der Waals surface area contributed by atoms with Gasteiger partial charge in [0.05, 0.1) is 7.11 Å². The highest BCUT2D eigenvalue weighted by Crippen LogP contribution is 2.65. The van der Waals surface area contributed by atoms with E-state index in [0.717, 1.165) is 24.3 Å². The van der Waals surface area contributed by atoms with Crippen molar-refractivity contribution in [2.75, 3.05) is 20.2 Å². The van der Waals surface area contributed by atoms with Crippen molar-refractivity contribution < 1.29 is 4.74 Å². The topological polar surface area (TPSA) is 24.5 Å². The number of nitrogens with one attached hydrogen (secondary N) is 1. The first-order valence-corrected chi connectivity index (χ1v) is 10.5. The van der Waals surface area contributed by atoms with E-state index in [1.54, 1.807) is 7.11 Å². The second kappa shape index (κ2) is 6.83. The quantitative estimate of drug-likeness (QED) is 0.843. The molecule has 4 rings (SSSR count). The molecule has 144 valence electrons. The third-order valence-corrected chi connectivity index (χ3v) is 8.36. The molecule has 1 aromatic carbocycles. The van der Waals surface area contributed by atoms with Gasteiger partial charge in [0.2, 0.25) is 0 Å². The van der Waals surface area contributed by atoms with Crippen LogP contribution in [0.25, 0.3) is 0 Å². The standard InChI is InChI=1S/C23H36N2O/c1-22(2)18-8-11-23(22,3)21(15-18)24-19-9-12-25(13-10-19)16-17-6-5-7-20(14-17)26-4/h5-7,14,18-19,21,24H,8-13,15-16H2,1-4H3/t18-,21-,23+/m1/s1. The molecule has 0 unspecified atom stereocenters. The van der Waals surface area contributed by atoms with Crippen molar-refractivity contribution in [1.82, 2.24) is 10.2 Å². The van der Waals surface area contributed by atoms with E-state index in [2.05, 4.69) is 49.2 Å². The zero-order chi connectivity index (χ0) is 18.4. The molecule has 1 heterocycles. The van der Waals surface area contributed by atoms with Gasteiger partial charge in [-0.2, -0.15) is 0 Å². The van der Waals surface area contributed by atoms with Gasteiger partial charge < -0.3 is 10.1 Å². The first kappa shape index (κ1) is 18.3. The summed E-state index contributed by atoms with van der Waals surface area (Å²) in [4.78, 5) is 2.60. The molecule has 0 radical (unpaired) electrons. The summed E-state index contributed by atoms with van der Waals surface area (Å²) in [7, 11) is 1.74. The zero-order valence-electron chi connectivity index (χ0n) is 17.1. The third-order valence-electron chi connectivity index (χ3n) is 8.36. The first-order valence-electron chi connectivity index (χ1n) is 10.5. The minimum absolute atomic E-state index is 0.495. The SMILES string of the molecule is COc1cccc(CN2CCC(N[C@@H]3C[C@H]4CC[C@]3(C)C4(C)C)CC2)c1. The Kier molecular flexibility index (Phi) is 4.81. The van der Waals surface area contributed by atoms with Crippen LogP contribution in [0, 0.1) is 16.7 Å². The van der Waals surface area contributed by atoms with Crippen molar-refractivity contribution in [3.63, 3.8) is 0 Å². The molecule has 0 amide bonds. The van der Waals surface area contributed by atoms with Crippen LogP contribution < -0.4 is 10.1 Å². The van der Waals surface area contributed by atoms with E-state index in [1.807, 2.05) is 6.07 Å². The fourth-order valence-electron chi connectivity index (χ4n) is 6.03. The molecule has 3 nitrogen and oxygen atoms in total. The van der Waals surface area contributed by atoms with Crippen molar-refractivity contribution in [3.8, 4) is 5.75 Å². The Bertz CT molecular complexity index is 635. The molecule has 26 heavy (non-hydrogen) atoms. The van der Waals surface area contributed by atoms with Gasteiger partial charge in [-0.05, 0) is 79.6 Å². The summed E-state index contributed by atoms with van der Waals surface area (Å²) >= 11 is 0. The molecular weight excluding hydrogens is 320 g/mol. The molecule has 1 aliphatic heterocycles. The number of ether oxygens (including phenoxy) is 1. The summed E-state index contributed by atoms with van der Waals surface area (Å²) in [5.41, 5.74) is 2.37. The van der Waals surface area contributed by atoms with Gasteiger partial charge in [0.1, 0.15) is 5.75 Å². The molecule has 1 aromatic rings. The number of benzene rings is 1. The van der Waals surface area contributed by atoms with E-state index in [-0.39, 0.29) is 0 Å². The number of hydrogen-bond acceptors (Lipinski definition) is 3. The van der Waals surface area contributed by atoms with Crippen LogP contribution in [-0.2, 0) is 6.54 Å². The number of rotatable bonds is 5. The molecule has 2 aliphatic carbocycles. The van der Waals surface area contributed by atoms with Crippen LogP contribution >= 0.6 is 0 Å². The highest BCUT2D eigenvalue weighted by molar-refractivity contribution is 5.28. The lowest BCUT2D eigenvalue weighted by Gasteiger charge is -2.42. The second-order valence-corrected chi connectivity index (χ2v) is 9.73. The van der Waals surface area contributed by atoms with Gasteiger partial charge in [-0.1, -0.05) is 32.9 Å². The van der Waals surface area contributed by atoms with Crippen LogP contribution in [0.3, 0.4) is 0 Å². The van der Waals surface area contributed by atoms with E-state index < -0.39 is 0 Å². The predicted octanol–water partition coefficient (Wildman–Crippen LogP) is 4.46. The number of likely N-dealkylation sites (tertiary alicyclic amines) is 1. The van der Waals surface area contributed by atoms with Gasteiger partial charge >= 0.3 is 0 Å². The van der Waals surface area contributed by atoms with Crippen LogP contribution in [-0.4, -0.2) is 37.2 Å². The molecule has 0 aromatic heterocycles. The van der Waals surface area contributed by atoms with Crippen LogP contribution in [0.1, 0.15) is 58.4 Å². The number of piperidine rings is 1. The first-order chi connectivity index (χ1) is 12.4. The minimum atomic E-state index is 0.495. The Hall–Kier alpha value is -1.06.